The highest BCUT2D eigenvalue weighted by Crippen LogP contribution is 2.41. The van der Waals surface area contributed by atoms with E-state index in [9.17, 15) is 20.0 Å². The van der Waals surface area contributed by atoms with Crippen molar-refractivity contribution in [3.8, 4) is 11.5 Å². The largest absolute Gasteiger partial charge is 0.505 e. The number of methoxy groups -OCH3 is 1. The van der Waals surface area contributed by atoms with Gasteiger partial charge >= 0.3 is 0 Å². The minimum absolute atomic E-state index is 0.00692. The van der Waals surface area contributed by atoms with Crippen LogP contribution in [0.2, 0.25) is 5.02 Å². The van der Waals surface area contributed by atoms with Crippen LogP contribution < -0.4 is 10.1 Å². The molecule has 34 heavy (non-hydrogen) atoms. The lowest BCUT2D eigenvalue weighted by Crippen LogP contribution is -2.13. The minimum atomic E-state index is -0.630. The highest BCUT2D eigenvalue weighted by molar-refractivity contribution is 6.30. The summed E-state index contributed by atoms with van der Waals surface area (Å²) in [5, 5.41) is 34.4. The molecule has 0 spiro atoms. The Bertz CT molecular complexity index is 1460. The lowest BCUT2D eigenvalue weighted by Gasteiger charge is -2.13. The highest BCUT2D eigenvalue weighted by Gasteiger charge is 2.20. The molecule has 4 rings (SSSR count). The lowest BCUT2D eigenvalue weighted by molar-refractivity contribution is -0.384. The summed E-state index contributed by atoms with van der Waals surface area (Å²) in [6.45, 7) is 0. The maximum Gasteiger partial charge on any atom is 0.298 e. The summed E-state index contributed by atoms with van der Waals surface area (Å²) in [7, 11) is 1.48. The van der Waals surface area contributed by atoms with Gasteiger partial charge in [0, 0.05) is 16.5 Å². The van der Waals surface area contributed by atoms with Crippen LogP contribution in [0.25, 0.3) is 10.8 Å². The molecular formula is C24H17ClN4O5. The Balaban J connectivity index is 1.80. The molecule has 0 bridgehead atoms. The van der Waals surface area contributed by atoms with Gasteiger partial charge in [-0.2, -0.15) is 0 Å². The number of amides is 1. The van der Waals surface area contributed by atoms with Gasteiger partial charge in [0.2, 0.25) is 0 Å². The van der Waals surface area contributed by atoms with Crippen LogP contribution in [0.5, 0.6) is 11.5 Å². The molecule has 2 N–H and O–H groups in total. The molecule has 0 saturated heterocycles. The predicted molar refractivity (Wildman–Crippen MR) is 129 cm³/mol. The molecule has 4 aromatic carbocycles. The van der Waals surface area contributed by atoms with Crippen LogP contribution in [0, 0.1) is 10.1 Å². The number of rotatable bonds is 6. The van der Waals surface area contributed by atoms with Crippen LogP contribution in [0.3, 0.4) is 0 Å². The van der Waals surface area contributed by atoms with E-state index in [0.29, 0.717) is 22.2 Å². The summed E-state index contributed by atoms with van der Waals surface area (Å²) in [6.07, 6.45) is 0. The van der Waals surface area contributed by atoms with Crippen LogP contribution in [-0.4, -0.2) is 23.0 Å². The SMILES string of the molecule is COc1ccccc1NC(=O)c1cc2ccccc2c(N=Nc2ccc(Cl)cc2[N+](=O)[O-])c1O. The van der Waals surface area contributed by atoms with E-state index in [1.54, 1.807) is 48.5 Å². The molecule has 170 valence electrons. The number of anilines is 1. The molecule has 10 heteroatoms. The topological polar surface area (TPSA) is 126 Å². The number of aromatic hydroxyl groups is 1. The third-order valence-corrected chi connectivity index (χ3v) is 5.22. The van der Waals surface area contributed by atoms with Crippen molar-refractivity contribution in [3.63, 3.8) is 0 Å². The second-order valence-electron chi connectivity index (χ2n) is 7.09. The van der Waals surface area contributed by atoms with Crippen LogP contribution in [0.15, 0.2) is 83.0 Å². The van der Waals surface area contributed by atoms with Gasteiger partial charge in [-0.05, 0) is 35.7 Å². The molecule has 0 saturated carbocycles. The maximum atomic E-state index is 13.1. The molecule has 0 aliphatic carbocycles. The minimum Gasteiger partial charge on any atom is -0.505 e. The first-order valence-corrected chi connectivity index (χ1v) is 10.3. The number of carbonyl (C=O) groups excluding carboxylic acids is 1. The number of fused-ring (bicyclic) bond motifs is 1. The van der Waals surface area contributed by atoms with Crippen LogP contribution in [0.1, 0.15) is 10.4 Å². The third-order valence-electron chi connectivity index (χ3n) is 4.99. The number of nitro benzene ring substituents is 1. The second kappa shape index (κ2) is 9.55. The first-order chi connectivity index (χ1) is 16.4. The van der Waals surface area contributed by atoms with Gasteiger partial charge in [0.1, 0.15) is 11.4 Å². The van der Waals surface area contributed by atoms with Crippen LogP contribution in [0.4, 0.5) is 22.7 Å². The number of azo groups is 1. The van der Waals surface area contributed by atoms with E-state index in [2.05, 4.69) is 15.5 Å². The predicted octanol–water partition coefficient (Wildman–Crippen LogP) is 6.78. The van der Waals surface area contributed by atoms with Crippen molar-refractivity contribution in [3.05, 3.63) is 93.5 Å². The number of nitrogens with zero attached hydrogens (tertiary/aromatic N) is 3. The zero-order chi connectivity index (χ0) is 24.2. The van der Waals surface area contributed by atoms with E-state index < -0.39 is 16.6 Å². The Morgan fingerprint density at radius 3 is 2.56 bits per heavy atom. The second-order valence-corrected chi connectivity index (χ2v) is 7.52. The number of phenolic OH excluding ortho intramolecular Hbond substituents is 1. The number of nitro groups is 1. The molecule has 4 aromatic rings. The Hall–Kier alpha value is -4.50. The monoisotopic (exact) mass is 476 g/mol. The van der Waals surface area contributed by atoms with E-state index in [4.69, 9.17) is 16.3 Å². The van der Waals surface area contributed by atoms with Crippen LogP contribution >= 0.6 is 11.6 Å². The van der Waals surface area contributed by atoms with Crippen molar-refractivity contribution >= 4 is 51.0 Å². The lowest BCUT2D eigenvalue weighted by atomic mass is 10.0. The molecule has 0 aliphatic heterocycles. The molecular weight excluding hydrogens is 460 g/mol. The summed E-state index contributed by atoms with van der Waals surface area (Å²) in [5.41, 5.74) is -0.0360. The van der Waals surface area contributed by atoms with Crippen molar-refractivity contribution in [1.82, 2.24) is 0 Å². The fraction of sp³-hybridized carbons (Fsp3) is 0.0417. The number of carbonyl (C=O) groups is 1. The average Bonchev–Trinajstić information content (AvgIpc) is 2.84. The van der Waals surface area contributed by atoms with Crippen molar-refractivity contribution < 1.29 is 19.6 Å². The molecule has 0 heterocycles. The Kier molecular flexibility index (Phi) is 6.37. The normalized spacial score (nSPS) is 11.0. The summed E-state index contributed by atoms with van der Waals surface area (Å²) < 4.78 is 5.26. The number of ether oxygens (including phenoxy) is 1. The zero-order valence-corrected chi connectivity index (χ0v) is 18.5. The summed E-state index contributed by atoms with van der Waals surface area (Å²) in [6, 6.07) is 19.3. The molecule has 0 unspecified atom stereocenters. The number of nitrogens with one attached hydrogen (secondary N) is 1. The van der Waals surface area contributed by atoms with Gasteiger partial charge in [-0.1, -0.05) is 48.0 Å². The number of hydrogen-bond donors (Lipinski definition) is 2. The van der Waals surface area contributed by atoms with E-state index in [0.717, 1.165) is 6.07 Å². The summed E-state index contributed by atoms with van der Waals surface area (Å²) in [4.78, 5) is 23.8. The molecule has 9 nitrogen and oxygen atoms in total. The fourth-order valence-electron chi connectivity index (χ4n) is 3.36. The third kappa shape index (κ3) is 4.50. The molecule has 1 amide bonds. The van der Waals surface area contributed by atoms with E-state index in [1.165, 1.54) is 25.3 Å². The first-order valence-electron chi connectivity index (χ1n) is 9.94. The Labute approximate surface area is 198 Å². The first kappa shape index (κ1) is 22.7. The molecule has 0 aromatic heterocycles. The number of benzene rings is 4. The van der Waals surface area contributed by atoms with Crippen molar-refractivity contribution in [2.75, 3.05) is 12.4 Å². The maximum absolute atomic E-state index is 13.1. The van der Waals surface area contributed by atoms with Gasteiger partial charge in [-0.25, -0.2) is 0 Å². The van der Waals surface area contributed by atoms with Gasteiger partial charge in [-0.15, -0.1) is 10.2 Å². The molecule has 0 aliphatic rings. The highest BCUT2D eigenvalue weighted by atomic mass is 35.5. The van der Waals surface area contributed by atoms with E-state index in [-0.39, 0.29) is 27.6 Å². The smallest absolute Gasteiger partial charge is 0.298 e. The van der Waals surface area contributed by atoms with E-state index >= 15 is 0 Å². The molecule has 0 atom stereocenters. The standard InChI is InChI=1S/C24H17ClN4O5/c1-34-21-9-5-4-8-19(21)26-24(31)17-12-14-6-2-3-7-16(14)22(23(17)30)28-27-18-11-10-15(25)13-20(18)29(32)33/h2-13,30H,1H3,(H,26,31). The fourth-order valence-corrected chi connectivity index (χ4v) is 3.53. The van der Waals surface area contributed by atoms with Crippen molar-refractivity contribution in [2.24, 2.45) is 10.2 Å². The number of phenols is 1. The summed E-state index contributed by atoms with van der Waals surface area (Å²) in [5.74, 6) is -0.570. The summed E-state index contributed by atoms with van der Waals surface area (Å²) >= 11 is 5.86. The van der Waals surface area contributed by atoms with Crippen molar-refractivity contribution in [2.45, 2.75) is 0 Å². The Morgan fingerprint density at radius 2 is 1.79 bits per heavy atom. The van der Waals surface area contributed by atoms with Gasteiger partial charge in [-0.3, -0.25) is 14.9 Å². The van der Waals surface area contributed by atoms with Gasteiger partial charge in [0.15, 0.2) is 11.4 Å². The molecule has 0 fully saturated rings. The average molecular weight is 477 g/mol. The zero-order valence-electron chi connectivity index (χ0n) is 17.7. The Morgan fingerprint density at radius 1 is 1.06 bits per heavy atom. The van der Waals surface area contributed by atoms with Crippen LogP contribution in [-0.2, 0) is 0 Å². The molecule has 0 radical (unpaired) electrons. The van der Waals surface area contributed by atoms with E-state index in [1.807, 2.05) is 0 Å². The number of halogens is 1. The van der Waals surface area contributed by atoms with Crippen molar-refractivity contribution in [1.29, 1.82) is 0 Å². The van der Waals surface area contributed by atoms with Gasteiger partial charge in [0.25, 0.3) is 11.6 Å². The number of hydrogen-bond acceptors (Lipinski definition) is 7. The quantitative estimate of drug-likeness (QED) is 0.180. The van der Waals surface area contributed by atoms with Gasteiger partial charge in [0.05, 0.1) is 23.3 Å². The van der Waals surface area contributed by atoms with Gasteiger partial charge < -0.3 is 15.2 Å². The number of para-hydroxylation sites is 2.